The van der Waals surface area contributed by atoms with Crippen molar-refractivity contribution >= 4 is 23.6 Å². The zero-order valence-corrected chi connectivity index (χ0v) is 19.1. The molecule has 8 heteroatoms. The van der Waals surface area contributed by atoms with E-state index < -0.39 is 17.7 Å². The number of piperidine rings is 1. The second kappa shape index (κ2) is 7.64. The minimum Gasteiger partial charge on any atom is -0.458 e. The van der Waals surface area contributed by atoms with Crippen LogP contribution in [0.2, 0.25) is 0 Å². The molecule has 4 bridgehead atoms. The van der Waals surface area contributed by atoms with Gasteiger partial charge in [-0.3, -0.25) is 9.59 Å². The van der Waals surface area contributed by atoms with Crippen molar-refractivity contribution in [2.45, 2.75) is 87.6 Å². The standard InChI is InChI=1S/C23H34N4O3S/c1-31-3-2-17(25)21(29)30-23-9-13-4-14(10-23)8-22(7-13,12-23)19(26)20(28)27-16(11-24)5-15-6-18(15)27/h13-19H,2-10,12,25-26H2,1H3. The molecule has 6 rings (SSSR count). The maximum absolute atomic E-state index is 13.5. The summed E-state index contributed by atoms with van der Waals surface area (Å²) in [5.74, 6) is 1.82. The third-order valence-electron chi connectivity index (χ3n) is 8.74. The van der Waals surface area contributed by atoms with Gasteiger partial charge in [-0.2, -0.15) is 17.0 Å². The summed E-state index contributed by atoms with van der Waals surface area (Å²) in [5, 5.41) is 9.54. The molecule has 1 amide bonds. The van der Waals surface area contributed by atoms with Crippen molar-refractivity contribution < 1.29 is 14.3 Å². The lowest BCUT2D eigenvalue weighted by molar-refractivity contribution is -0.207. The van der Waals surface area contributed by atoms with Crippen molar-refractivity contribution in [2.75, 3.05) is 12.0 Å². The number of carbonyl (C=O) groups is 2. The minimum absolute atomic E-state index is 0.0587. The number of carbonyl (C=O) groups excluding carboxylic acids is 2. The van der Waals surface area contributed by atoms with Crippen LogP contribution in [0.3, 0.4) is 0 Å². The fraction of sp³-hybridized carbons (Fsp3) is 0.870. The predicted octanol–water partition coefficient (Wildman–Crippen LogP) is 1.79. The number of hydrogen-bond donors (Lipinski definition) is 2. The van der Waals surface area contributed by atoms with E-state index in [1.54, 1.807) is 16.7 Å². The minimum atomic E-state index is -0.628. The zero-order valence-electron chi connectivity index (χ0n) is 18.3. The monoisotopic (exact) mass is 446 g/mol. The molecule has 0 aromatic rings. The summed E-state index contributed by atoms with van der Waals surface area (Å²) in [6, 6.07) is 0.957. The van der Waals surface area contributed by atoms with Crippen LogP contribution >= 0.6 is 11.8 Å². The number of nitrogens with two attached hydrogens (primary N) is 2. The number of thioether (sulfide) groups is 1. The SMILES string of the molecule is CSCCC(N)C(=O)OC12CC3CC(C1)CC(C(N)C(=O)N1C(C#N)CC4CC41)(C3)C2. The Labute approximate surface area is 188 Å². The van der Waals surface area contributed by atoms with Gasteiger partial charge in [-0.05, 0) is 93.0 Å². The summed E-state index contributed by atoms with van der Waals surface area (Å²) < 4.78 is 6.16. The van der Waals surface area contributed by atoms with E-state index >= 15 is 0 Å². The lowest BCUT2D eigenvalue weighted by Crippen LogP contribution is -2.66. The van der Waals surface area contributed by atoms with Crippen LogP contribution in [0.4, 0.5) is 0 Å². The molecule has 4 N–H and O–H groups in total. The highest BCUT2D eigenvalue weighted by atomic mass is 32.2. The molecule has 5 aliphatic carbocycles. The van der Waals surface area contributed by atoms with E-state index in [-0.39, 0.29) is 29.4 Å². The normalized spacial score (nSPS) is 43.8. The van der Waals surface area contributed by atoms with Crippen molar-refractivity contribution in [3.05, 3.63) is 0 Å². The van der Waals surface area contributed by atoms with Crippen molar-refractivity contribution in [3.63, 3.8) is 0 Å². The highest BCUT2D eigenvalue weighted by Gasteiger charge is 2.64. The molecule has 0 spiro atoms. The van der Waals surface area contributed by atoms with E-state index in [0.717, 1.165) is 50.7 Å². The molecule has 1 aliphatic heterocycles. The van der Waals surface area contributed by atoms with Crippen LogP contribution in [0, 0.1) is 34.5 Å². The molecule has 7 nitrogen and oxygen atoms in total. The average Bonchev–Trinajstić information content (AvgIpc) is 3.39. The van der Waals surface area contributed by atoms with E-state index in [1.165, 1.54) is 0 Å². The second-order valence-electron chi connectivity index (χ2n) is 11.0. The summed E-state index contributed by atoms with van der Waals surface area (Å²) in [6.07, 6.45) is 9.76. The number of amides is 1. The molecular weight excluding hydrogens is 412 g/mol. The Bertz CT molecular complexity index is 799. The molecule has 1 saturated heterocycles. The number of likely N-dealkylation sites (tertiary alicyclic amines) is 1. The molecule has 31 heavy (non-hydrogen) atoms. The average molecular weight is 447 g/mol. The van der Waals surface area contributed by atoms with Crippen LogP contribution in [0.25, 0.3) is 0 Å². The van der Waals surface area contributed by atoms with Gasteiger partial charge in [0.15, 0.2) is 0 Å². The van der Waals surface area contributed by atoms with Gasteiger partial charge < -0.3 is 21.1 Å². The van der Waals surface area contributed by atoms with Crippen LogP contribution in [0.1, 0.15) is 57.8 Å². The van der Waals surface area contributed by atoms with E-state index in [4.69, 9.17) is 16.2 Å². The highest BCUT2D eigenvalue weighted by molar-refractivity contribution is 7.98. The number of esters is 1. The summed E-state index contributed by atoms with van der Waals surface area (Å²) >= 11 is 1.67. The van der Waals surface area contributed by atoms with Crippen molar-refractivity contribution in [1.29, 1.82) is 5.26 Å². The summed E-state index contributed by atoms with van der Waals surface area (Å²) in [5.41, 5.74) is 12.0. The molecule has 5 saturated carbocycles. The van der Waals surface area contributed by atoms with Crippen LogP contribution in [-0.4, -0.2) is 58.6 Å². The van der Waals surface area contributed by atoms with Crippen molar-refractivity contribution in [1.82, 2.24) is 4.90 Å². The summed E-state index contributed by atoms with van der Waals surface area (Å²) in [7, 11) is 0. The number of hydrogen-bond acceptors (Lipinski definition) is 7. The Hall–Kier alpha value is -1.30. The molecule has 7 unspecified atom stereocenters. The fourth-order valence-corrected chi connectivity index (χ4v) is 8.18. The Kier molecular flexibility index (Phi) is 5.31. The first kappa shape index (κ1) is 21.5. The largest absolute Gasteiger partial charge is 0.458 e. The summed E-state index contributed by atoms with van der Waals surface area (Å²) in [6.45, 7) is 0. The predicted molar refractivity (Wildman–Crippen MR) is 118 cm³/mol. The zero-order chi connectivity index (χ0) is 22.0. The molecule has 1 heterocycles. The quantitative estimate of drug-likeness (QED) is 0.572. The van der Waals surface area contributed by atoms with E-state index in [1.807, 2.05) is 6.26 Å². The first-order chi connectivity index (χ1) is 14.8. The van der Waals surface area contributed by atoms with Gasteiger partial charge in [-0.1, -0.05) is 0 Å². The molecule has 6 fully saturated rings. The van der Waals surface area contributed by atoms with E-state index in [9.17, 15) is 14.9 Å². The first-order valence-electron chi connectivity index (χ1n) is 11.7. The van der Waals surface area contributed by atoms with Gasteiger partial charge in [0.05, 0.1) is 12.1 Å². The maximum Gasteiger partial charge on any atom is 0.323 e. The number of nitrogens with zero attached hydrogens (tertiary/aromatic N) is 2. The van der Waals surface area contributed by atoms with Gasteiger partial charge in [-0.15, -0.1) is 0 Å². The Balaban J connectivity index is 1.34. The highest BCUT2D eigenvalue weighted by Crippen LogP contribution is 2.64. The first-order valence-corrected chi connectivity index (χ1v) is 13.1. The van der Waals surface area contributed by atoms with Gasteiger partial charge in [0, 0.05) is 6.04 Å². The lowest BCUT2D eigenvalue weighted by Gasteiger charge is -2.62. The van der Waals surface area contributed by atoms with Crippen LogP contribution in [0.15, 0.2) is 0 Å². The number of fused-ring (bicyclic) bond motifs is 1. The Morgan fingerprint density at radius 3 is 2.55 bits per heavy atom. The van der Waals surface area contributed by atoms with Gasteiger partial charge in [0.1, 0.15) is 17.7 Å². The van der Waals surface area contributed by atoms with Crippen LogP contribution in [0.5, 0.6) is 0 Å². The fourth-order valence-electron chi connectivity index (χ4n) is 7.69. The third-order valence-corrected chi connectivity index (χ3v) is 9.38. The van der Waals surface area contributed by atoms with Crippen molar-refractivity contribution in [3.8, 4) is 6.07 Å². The molecule has 0 aromatic carbocycles. The van der Waals surface area contributed by atoms with Crippen LogP contribution < -0.4 is 11.5 Å². The van der Waals surface area contributed by atoms with Gasteiger partial charge in [0.25, 0.3) is 0 Å². The number of ether oxygens (including phenoxy) is 1. The molecule has 6 aliphatic rings. The van der Waals surface area contributed by atoms with Gasteiger partial charge in [-0.25, -0.2) is 0 Å². The Morgan fingerprint density at radius 1 is 1.19 bits per heavy atom. The van der Waals surface area contributed by atoms with Crippen molar-refractivity contribution in [2.24, 2.45) is 34.6 Å². The van der Waals surface area contributed by atoms with Crippen LogP contribution in [-0.2, 0) is 14.3 Å². The molecular formula is C23H34N4O3S. The number of nitriles is 1. The lowest BCUT2D eigenvalue weighted by atomic mass is 9.46. The molecule has 0 aromatic heterocycles. The molecule has 170 valence electrons. The summed E-state index contributed by atoms with van der Waals surface area (Å²) in [4.78, 5) is 28.1. The maximum atomic E-state index is 13.5. The Morgan fingerprint density at radius 2 is 1.90 bits per heavy atom. The topological polar surface area (TPSA) is 122 Å². The van der Waals surface area contributed by atoms with Gasteiger partial charge in [0.2, 0.25) is 5.91 Å². The smallest absolute Gasteiger partial charge is 0.323 e. The van der Waals surface area contributed by atoms with E-state index in [0.29, 0.717) is 30.6 Å². The van der Waals surface area contributed by atoms with Gasteiger partial charge >= 0.3 is 5.97 Å². The van der Waals surface area contributed by atoms with E-state index in [2.05, 4.69) is 6.07 Å². The molecule has 0 radical (unpaired) electrons. The molecule has 7 atom stereocenters. The third kappa shape index (κ3) is 3.57. The second-order valence-corrected chi connectivity index (χ2v) is 12.0. The number of rotatable bonds is 7.